The highest BCUT2D eigenvalue weighted by molar-refractivity contribution is 7.80. The monoisotopic (exact) mass is 293 g/mol. The van der Waals surface area contributed by atoms with Gasteiger partial charge in [0.05, 0.1) is 0 Å². The van der Waals surface area contributed by atoms with Gasteiger partial charge in [0.2, 0.25) is 0 Å². The SMILES string of the molecule is Cc1ccc(NC(CC(C)C)CN(C)C)c(C(N)=S)c1. The second-order valence-electron chi connectivity index (χ2n) is 6.15. The minimum Gasteiger partial charge on any atom is -0.389 e. The Hall–Kier alpha value is -1.13. The van der Waals surface area contributed by atoms with Crippen molar-refractivity contribution in [2.24, 2.45) is 11.7 Å². The van der Waals surface area contributed by atoms with Gasteiger partial charge in [-0.1, -0.05) is 37.7 Å². The molecule has 3 nitrogen and oxygen atoms in total. The van der Waals surface area contributed by atoms with Gasteiger partial charge >= 0.3 is 0 Å². The Morgan fingerprint density at radius 1 is 1.35 bits per heavy atom. The maximum absolute atomic E-state index is 5.84. The molecule has 0 amide bonds. The zero-order chi connectivity index (χ0) is 15.3. The fourth-order valence-corrected chi connectivity index (χ4v) is 2.57. The molecule has 0 heterocycles. The number of anilines is 1. The summed E-state index contributed by atoms with van der Waals surface area (Å²) >= 11 is 5.16. The van der Waals surface area contributed by atoms with Crippen molar-refractivity contribution in [3.8, 4) is 0 Å². The van der Waals surface area contributed by atoms with Gasteiger partial charge in [0, 0.05) is 23.8 Å². The lowest BCUT2D eigenvalue weighted by Gasteiger charge is -2.26. The van der Waals surface area contributed by atoms with E-state index in [0.717, 1.165) is 24.2 Å². The number of nitrogens with two attached hydrogens (primary N) is 1. The van der Waals surface area contributed by atoms with Crippen molar-refractivity contribution in [1.29, 1.82) is 0 Å². The molecule has 0 spiro atoms. The Morgan fingerprint density at radius 3 is 2.50 bits per heavy atom. The molecule has 0 saturated carbocycles. The quantitative estimate of drug-likeness (QED) is 0.758. The van der Waals surface area contributed by atoms with Crippen molar-refractivity contribution < 1.29 is 0 Å². The van der Waals surface area contributed by atoms with Gasteiger partial charge < -0.3 is 16.0 Å². The van der Waals surface area contributed by atoms with E-state index in [1.165, 1.54) is 5.56 Å². The summed E-state index contributed by atoms with van der Waals surface area (Å²) in [4.78, 5) is 2.65. The predicted molar refractivity (Wildman–Crippen MR) is 92.5 cm³/mol. The van der Waals surface area contributed by atoms with E-state index in [-0.39, 0.29) is 0 Å². The van der Waals surface area contributed by atoms with E-state index < -0.39 is 0 Å². The van der Waals surface area contributed by atoms with Gasteiger partial charge in [-0.25, -0.2) is 0 Å². The molecule has 1 unspecified atom stereocenters. The van der Waals surface area contributed by atoms with Crippen LogP contribution in [0.1, 0.15) is 31.4 Å². The van der Waals surface area contributed by atoms with Crippen LogP contribution in [0.5, 0.6) is 0 Å². The van der Waals surface area contributed by atoms with E-state index in [1.807, 2.05) is 6.07 Å². The van der Waals surface area contributed by atoms with Crippen LogP contribution in [0, 0.1) is 12.8 Å². The average Bonchev–Trinajstić information content (AvgIpc) is 2.29. The lowest BCUT2D eigenvalue weighted by atomic mass is 10.0. The van der Waals surface area contributed by atoms with Crippen LogP contribution in [-0.4, -0.2) is 36.6 Å². The summed E-state index contributed by atoms with van der Waals surface area (Å²) in [5, 5.41) is 3.61. The van der Waals surface area contributed by atoms with Crippen molar-refractivity contribution in [1.82, 2.24) is 4.90 Å². The zero-order valence-electron chi connectivity index (χ0n) is 13.2. The molecule has 0 fully saturated rings. The Kier molecular flexibility index (Phi) is 6.43. The number of hydrogen-bond donors (Lipinski definition) is 2. The molecule has 4 heteroatoms. The fourth-order valence-electron chi connectivity index (χ4n) is 2.40. The van der Waals surface area contributed by atoms with Gasteiger partial charge in [-0.05, 0) is 45.5 Å². The second-order valence-corrected chi connectivity index (χ2v) is 6.59. The lowest BCUT2D eigenvalue weighted by Crippen LogP contribution is -2.34. The number of aryl methyl sites for hydroxylation is 1. The van der Waals surface area contributed by atoms with Crippen molar-refractivity contribution in [3.05, 3.63) is 29.3 Å². The summed E-state index contributed by atoms with van der Waals surface area (Å²) in [5.41, 5.74) is 8.99. The van der Waals surface area contributed by atoms with Crippen molar-refractivity contribution in [2.75, 3.05) is 26.0 Å². The predicted octanol–water partition coefficient (Wildman–Crippen LogP) is 3.02. The second kappa shape index (κ2) is 7.60. The zero-order valence-corrected chi connectivity index (χ0v) is 14.1. The van der Waals surface area contributed by atoms with E-state index >= 15 is 0 Å². The molecule has 1 rings (SSSR count). The molecule has 112 valence electrons. The third-order valence-corrected chi connectivity index (χ3v) is 3.36. The van der Waals surface area contributed by atoms with Crippen LogP contribution in [0.3, 0.4) is 0 Å². The molecule has 0 aliphatic rings. The molecule has 1 aromatic rings. The molecule has 0 bridgehead atoms. The van der Waals surface area contributed by atoms with E-state index in [1.54, 1.807) is 0 Å². The summed E-state index contributed by atoms with van der Waals surface area (Å²) in [7, 11) is 4.19. The van der Waals surface area contributed by atoms with Crippen LogP contribution in [0.4, 0.5) is 5.69 Å². The minimum atomic E-state index is 0.390. The van der Waals surface area contributed by atoms with Gasteiger partial charge in [-0.3, -0.25) is 0 Å². The smallest absolute Gasteiger partial charge is 0.106 e. The van der Waals surface area contributed by atoms with Crippen molar-refractivity contribution in [2.45, 2.75) is 33.2 Å². The van der Waals surface area contributed by atoms with Crippen LogP contribution in [0.2, 0.25) is 0 Å². The highest BCUT2D eigenvalue weighted by atomic mass is 32.1. The lowest BCUT2D eigenvalue weighted by molar-refractivity contribution is 0.356. The van der Waals surface area contributed by atoms with Crippen LogP contribution >= 0.6 is 12.2 Å². The molecule has 1 aromatic carbocycles. The van der Waals surface area contributed by atoms with Gasteiger partial charge in [0.1, 0.15) is 4.99 Å². The number of hydrogen-bond acceptors (Lipinski definition) is 3. The first-order valence-corrected chi connectivity index (χ1v) is 7.52. The molecule has 0 radical (unpaired) electrons. The first-order valence-electron chi connectivity index (χ1n) is 7.11. The molecule has 0 aromatic heterocycles. The first kappa shape index (κ1) is 16.9. The van der Waals surface area contributed by atoms with Crippen LogP contribution in [-0.2, 0) is 0 Å². The first-order chi connectivity index (χ1) is 9.29. The standard InChI is InChI=1S/C16H27N3S/c1-11(2)8-13(10-19(4)5)18-15-7-6-12(3)9-14(15)16(17)20/h6-7,9,11,13,18H,8,10H2,1-5H3,(H2,17,20). The average molecular weight is 293 g/mol. The Balaban J connectivity index is 2.94. The van der Waals surface area contributed by atoms with Crippen LogP contribution < -0.4 is 11.1 Å². The third-order valence-electron chi connectivity index (χ3n) is 3.14. The van der Waals surface area contributed by atoms with Crippen LogP contribution in [0.25, 0.3) is 0 Å². The van der Waals surface area contributed by atoms with Crippen molar-refractivity contribution >= 4 is 22.9 Å². The third kappa shape index (κ3) is 5.47. The molecular weight excluding hydrogens is 266 g/mol. The number of thiocarbonyl (C=S) groups is 1. The van der Waals surface area contributed by atoms with Gasteiger partial charge in [-0.15, -0.1) is 0 Å². The highest BCUT2D eigenvalue weighted by Gasteiger charge is 2.14. The molecule has 3 N–H and O–H groups in total. The summed E-state index contributed by atoms with van der Waals surface area (Å²) in [6.45, 7) is 7.53. The van der Waals surface area contributed by atoms with Gasteiger partial charge in [0.25, 0.3) is 0 Å². The molecule has 1 atom stereocenters. The summed E-state index contributed by atoms with van der Waals surface area (Å²) in [5.74, 6) is 0.645. The van der Waals surface area contributed by atoms with Crippen molar-refractivity contribution in [3.63, 3.8) is 0 Å². The normalized spacial score (nSPS) is 12.8. The van der Waals surface area contributed by atoms with E-state index in [2.05, 4.69) is 57.2 Å². The van der Waals surface area contributed by atoms with Gasteiger partial charge in [-0.2, -0.15) is 0 Å². The molecule has 0 aliphatic carbocycles. The van der Waals surface area contributed by atoms with E-state index in [9.17, 15) is 0 Å². The number of likely N-dealkylation sites (N-methyl/N-ethyl adjacent to an activating group) is 1. The number of rotatable bonds is 7. The number of benzene rings is 1. The number of nitrogens with one attached hydrogen (secondary N) is 1. The minimum absolute atomic E-state index is 0.390. The Labute approximate surface area is 128 Å². The topological polar surface area (TPSA) is 41.3 Å². The molecule has 0 saturated heterocycles. The summed E-state index contributed by atoms with van der Waals surface area (Å²) in [6, 6.07) is 6.60. The molecule has 20 heavy (non-hydrogen) atoms. The molecular formula is C16H27N3S. The molecule has 0 aliphatic heterocycles. The fraction of sp³-hybridized carbons (Fsp3) is 0.562. The highest BCUT2D eigenvalue weighted by Crippen LogP contribution is 2.20. The summed E-state index contributed by atoms with van der Waals surface area (Å²) < 4.78 is 0. The Morgan fingerprint density at radius 2 is 2.00 bits per heavy atom. The Bertz CT molecular complexity index is 445. The number of nitrogens with zero attached hydrogens (tertiary/aromatic N) is 1. The van der Waals surface area contributed by atoms with E-state index in [0.29, 0.717) is 16.9 Å². The maximum Gasteiger partial charge on any atom is 0.106 e. The largest absolute Gasteiger partial charge is 0.389 e. The van der Waals surface area contributed by atoms with Crippen LogP contribution in [0.15, 0.2) is 18.2 Å². The van der Waals surface area contributed by atoms with Gasteiger partial charge in [0.15, 0.2) is 0 Å². The maximum atomic E-state index is 5.84. The van der Waals surface area contributed by atoms with E-state index in [4.69, 9.17) is 18.0 Å². The summed E-state index contributed by atoms with van der Waals surface area (Å²) in [6.07, 6.45) is 1.11.